The van der Waals surface area contributed by atoms with Crippen LogP contribution in [0.1, 0.15) is 32.1 Å². The zero-order valence-corrected chi connectivity index (χ0v) is 10.7. The highest BCUT2D eigenvalue weighted by molar-refractivity contribution is 5.46. The van der Waals surface area contributed by atoms with Gasteiger partial charge in [0.2, 0.25) is 5.95 Å². The summed E-state index contributed by atoms with van der Waals surface area (Å²) < 4.78 is 13.9. The summed E-state index contributed by atoms with van der Waals surface area (Å²) in [5, 5.41) is 2.87. The summed E-state index contributed by atoms with van der Waals surface area (Å²) in [7, 11) is 1.75. The van der Waals surface area contributed by atoms with Crippen LogP contribution in [0.4, 0.5) is 16.2 Å². The van der Waals surface area contributed by atoms with E-state index in [1.165, 1.54) is 38.3 Å². The normalized spacial score (nSPS) is 27.1. The highest BCUT2D eigenvalue weighted by atomic mass is 19.1. The molecule has 2 heterocycles. The fourth-order valence-electron chi connectivity index (χ4n) is 3.35. The van der Waals surface area contributed by atoms with Gasteiger partial charge in [0.1, 0.15) is 0 Å². The number of aromatic nitrogens is 2. The van der Waals surface area contributed by atoms with Crippen LogP contribution in [0.2, 0.25) is 0 Å². The third-order valence-electron chi connectivity index (χ3n) is 4.23. The molecule has 2 atom stereocenters. The van der Waals surface area contributed by atoms with Crippen LogP contribution < -0.4 is 10.2 Å². The summed E-state index contributed by atoms with van der Waals surface area (Å²) in [6.45, 7) is 0.923. The smallest absolute Gasteiger partial charge is 0.224 e. The predicted molar refractivity (Wildman–Crippen MR) is 69.2 cm³/mol. The van der Waals surface area contributed by atoms with Crippen molar-refractivity contribution in [2.24, 2.45) is 5.92 Å². The van der Waals surface area contributed by atoms with Gasteiger partial charge in [0, 0.05) is 19.6 Å². The molecule has 2 fully saturated rings. The predicted octanol–water partition coefficient (Wildman–Crippen LogP) is 2.43. The average Bonchev–Trinajstić information content (AvgIpc) is 2.83. The van der Waals surface area contributed by atoms with Crippen LogP contribution >= 0.6 is 0 Å². The summed E-state index contributed by atoms with van der Waals surface area (Å²) >= 11 is 0. The molecule has 4 nitrogen and oxygen atoms in total. The fourth-order valence-corrected chi connectivity index (χ4v) is 3.35. The van der Waals surface area contributed by atoms with Crippen molar-refractivity contribution >= 4 is 11.8 Å². The number of rotatable bonds is 2. The molecule has 0 bridgehead atoms. The lowest BCUT2D eigenvalue weighted by Crippen LogP contribution is -2.36. The van der Waals surface area contributed by atoms with E-state index in [0.717, 1.165) is 12.5 Å². The number of nitrogens with one attached hydrogen (secondary N) is 1. The van der Waals surface area contributed by atoms with Crippen molar-refractivity contribution in [3.63, 3.8) is 0 Å². The van der Waals surface area contributed by atoms with E-state index >= 15 is 0 Å². The molecule has 1 N–H and O–H groups in total. The molecule has 1 aliphatic heterocycles. The van der Waals surface area contributed by atoms with Gasteiger partial charge >= 0.3 is 0 Å². The second kappa shape index (κ2) is 4.71. The van der Waals surface area contributed by atoms with Gasteiger partial charge in [-0.2, -0.15) is 4.98 Å². The van der Waals surface area contributed by atoms with Crippen LogP contribution in [0.25, 0.3) is 0 Å². The minimum absolute atomic E-state index is 0.305. The molecule has 1 aliphatic carbocycles. The molecule has 3 rings (SSSR count). The summed E-state index contributed by atoms with van der Waals surface area (Å²) in [5.74, 6) is 1.39. The Balaban J connectivity index is 1.90. The van der Waals surface area contributed by atoms with Gasteiger partial charge in [-0.05, 0) is 25.2 Å². The molecule has 1 saturated carbocycles. The van der Waals surface area contributed by atoms with Crippen LogP contribution in [-0.4, -0.2) is 29.6 Å². The Morgan fingerprint density at radius 2 is 2.17 bits per heavy atom. The van der Waals surface area contributed by atoms with Gasteiger partial charge in [0.15, 0.2) is 11.6 Å². The van der Waals surface area contributed by atoms with E-state index in [9.17, 15) is 4.39 Å². The van der Waals surface area contributed by atoms with Crippen LogP contribution in [0, 0.1) is 11.7 Å². The number of hydrogen-bond acceptors (Lipinski definition) is 4. The molecular weight excluding hydrogens is 231 g/mol. The molecule has 1 aromatic heterocycles. The summed E-state index contributed by atoms with van der Waals surface area (Å²) in [6.07, 6.45) is 7.47. The first-order chi connectivity index (χ1) is 8.79. The number of hydrogen-bond donors (Lipinski definition) is 1. The maximum Gasteiger partial charge on any atom is 0.224 e. The molecule has 0 aromatic carbocycles. The van der Waals surface area contributed by atoms with E-state index in [1.807, 2.05) is 0 Å². The largest absolute Gasteiger partial charge is 0.357 e. The van der Waals surface area contributed by atoms with Gasteiger partial charge in [-0.1, -0.05) is 12.8 Å². The molecule has 1 aromatic rings. The number of nitrogens with zero attached hydrogens (tertiary/aromatic N) is 3. The average molecular weight is 250 g/mol. The second-order valence-electron chi connectivity index (χ2n) is 5.21. The summed E-state index contributed by atoms with van der Waals surface area (Å²) in [5.41, 5.74) is 0. The molecule has 2 unspecified atom stereocenters. The number of halogens is 1. The minimum Gasteiger partial charge on any atom is -0.357 e. The van der Waals surface area contributed by atoms with Crippen LogP contribution in [0.5, 0.6) is 0 Å². The second-order valence-corrected chi connectivity index (χ2v) is 5.21. The van der Waals surface area contributed by atoms with E-state index in [-0.39, 0.29) is 5.82 Å². The van der Waals surface area contributed by atoms with E-state index < -0.39 is 0 Å². The van der Waals surface area contributed by atoms with Gasteiger partial charge < -0.3 is 10.2 Å². The highest BCUT2D eigenvalue weighted by Gasteiger charge is 2.37. The van der Waals surface area contributed by atoms with E-state index in [2.05, 4.69) is 20.2 Å². The zero-order chi connectivity index (χ0) is 12.5. The monoisotopic (exact) mass is 250 g/mol. The Kier molecular flexibility index (Phi) is 3.06. The molecular formula is C13H19FN4. The van der Waals surface area contributed by atoms with Gasteiger partial charge in [-0.15, -0.1) is 0 Å². The highest BCUT2D eigenvalue weighted by Crippen LogP contribution is 2.38. The van der Waals surface area contributed by atoms with E-state index in [1.54, 1.807) is 7.05 Å². The van der Waals surface area contributed by atoms with Crippen molar-refractivity contribution < 1.29 is 4.39 Å². The van der Waals surface area contributed by atoms with E-state index in [4.69, 9.17) is 0 Å². The summed E-state index contributed by atoms with van der Waals surface area (Å²) in [4.78, 5) is 10.4. The first-order valence-electron chi connectivity index (χ1n) is 6.76. The Hall–Kier alpha value is -1.39. The van der Waals surface area contributed by atoms with E-state index in [0.29, 0.717) is 17.8 Å². The van der Waals surface area contributed by atoms with Crippen LogP contribution in [0.15, 0.2) is 6.20 Å². The Morgan fingerprint density at radius 1 is 1.33 bits per heavy atom. The third-order valence-corrected chi connectivity index (χ3v) is 4.23. The molecule has 1 saturated heterocycles. The molecule has 2 aliphatic rings. The van der Waals surface area contributed by atoms with Gasteiger partial charge in [0.25, 0.3) is 0 Å². The third kappa shape index (κ3) is 1.91. The Labute approximate surface area is 107 Å². The first kappa shape index (κ1) is 11.7. The van der Waals surface area contributed by atoms with Crippen molar-refractivity contribution in [1.82, 2.24) is 9.97 Å². The number of anilines is 2. The lowest BCUT2D eigenvalue weighted by molar-refractivity contribution is 0.340. The molecule has 98 valence electrons. The van der Waals surface area contributed by atoms with Gasteiger partial charge in [-0.25, -0.2) is 9.37 Å². The molecule has 5 heteroatoms. The molecule has 18 heavy (non-hydrogen) atoms. The van der Waals surface area contributed by atoms with Crippen molar-refractivity contribution in [2.45, 2.75) is 38.1 Å². The maximum atomic E-state index is 13.9. The SMILES string of the molecule is CNc1ncc(F)c(N2CCC3CCCCC32)n1. The van der Waals surface area contributed by atoms with Crippen molar-refractivity contribution in [2.75, 3.05) is 23.8 Å². The topological polar surface area (TPSA) is 41.1 Å². The molecule has 0 spiro atoms. The van der Waals surface area contributed by atoms with Gasteiger partial charge in [0.05, 0.1) is 6.20 Å². The first-order valence-corrected chi connectivity index (χ1v) is 6.76. The quantitative estimate of drug-likeness (QED) is 0.875. The van der Waals surface area contributed by atoms with Gasteiger partial charge in [-0.3, -0.25) is 0 Å². The maximum absolute atomic E-state index is 13.9. The lowest BCUT2D eigenvalue weighted by Gasteiger charge is -2.32. The number of fused-ring (bicyclic) bond motifs is 1. The molecule has 0 amide bonds. The standard InChI is InChI=1S/C13H19FN4/c1-15-13-16-8-10(14)12(17-13)18-7-6-9-4-2-3-5-11(9)18/h8-9,11H,2-7H2,1H3,(H,15,16,17). The Bertz CT molecular complexity index is 437. The summed E-state index contributed by atoms with van der Waals surface area (Å²) in [6, 6.07) is 0.479. The van der Waals surface area contributed by atoms with Crippen molar-refractivity contribution in [3.05, 3.63) is 12.0 Å². The molecule has 0 radical (unpaired) electrons. The van der Waals surface area contributed by atoms with Crippen LogP contribution in [0.3, 0.4) is 0 Å². The minimum atomic E-state index is -0.305. The lowest BCUT2D eigenvalue weighted by atomic mass is 9.85. The van der Waals surface area contributed by atoms with Crippen molar-refractivity contribution in [3.8, 4) is 0 Å². The zero-order valence-electron chi connectivity index (χ0n) is 10.7. The van der Waals surface area contributed by atoms with Crippen LogP contribution in [-0.2, 0) is 0 Å². The fraction of sp³-hybridized carbons (Fsp3) is 0.692. The Morgan fingerprint density at radius 3 is 3.00 bits per heavy atom. The van der Waals surface area contributed by atoms with Crippen molar-refractivity contribution in [1.29, 1.82) is 0 Å².